The van der Waals surface area contributed by atoms with E-state index in [9.17, 15) is 14.4 Å². The molecule has 0 aromatic rings. The molecule has 2 amide bonds. The van der Waals surface area contributed by atoms with Gasteiger partial charge in [-0.1, -0.05) is 0 Å². The summed E-state index contributed by atoms with van der Waals surface area (Å²) in [5.41, 5.74) is 0. The van der Waals surface area contributed by atoms with E-state index in [1.165, 1.54) is 6.92 Å². The number of nitrogens with one attached hydrogen (secondary N) is 3. The van der Waals surface area contributed by atoms with Gasteiger partial charge in [-0.15, -0.1) is 0 Å². The molecule has 0 heterocycles. The Bertz CT molecular complexity index is 481. The van der Waals surface area contributed by atoms with Crippen molar-refractivity contribution in [1.82, 2.24) is 16.0 Å². The first-order valence-electron chi connectivity index (χ1n) is 10.7. The average Bonchev–Trinajstić information content (AvgIpc) is 2.76. The summed E-state index contributed by atoms with van der Waals surface area (Å²) < 4.78 is 31.3. The molecule has 0 saturated heterocycles. The topological polar surface area (TPSA) is 143 Å². The monoisotopic (exact) mass is 465 g/mol. The van der Waals surface area contributed by atoms with Crippen LogP contribution >= 0.6 is 0 Å². The Kier molecular flexibility index (Phi) is 22.7. The van der Waals surface area contributed by atoms with Crippen molar-refractivity contribution in [3.8, 4) is 0 Å². The molecular formula is C20H39N3O9. The maximum atomic E-state index is 11.6. The molecule has 0 aliphatic rings. The van der Waals surface area contributed by atoms with Crippen LogP contribution in [0.5, 0.6) is 0 Å². The maximum absolute atomic E-state index is 11.6. The molecule has 0 radical (unpaired) electrons. The van der Waals surface area contributed by atoms with Gasteiger partial charge in [0.2, 0.25) is 11.8 Å². The second-order valence-electron chi connectivity index (χ2n) is 6.50. The molecule has 0 spiro atoms. The van der Waals surface area contributed by atoms with Gasteiger partial charge in [0.25, 0.3) is 0 Å². The molecule has 0 aliphatic carbocycles. The van der Waals surface area contributed by atoms with Gasteiger partial charge in [0.15, 0.2) is 5.78 Å². The van der Waals surface area contributed by atoms with Crippen LogP contribution in [0.4, 0.5) is 0 Å². The first-order chi connectivity index (χ1) is 15.6. The number of carbonyl (C=O) groups is 3. The van der Waals surface area contributed by atoms with Crippen molar-refractivity contribution < 1.29 is 42.8 Å². The summed E-state index contributed by atoms with van der Waals surface area (Å²) >= 11 is 0. The van der Waals surface area contributed by atoms with Crippen LogP contribution in [0.2, 0.25) is 0 Å². The van der Waals surface area contributed by atoms with E-state index in [1.807, 2.05) is 7.05 Å². The Morgan fingerprint density at radius 1 is 0.531 bits per heavy atom. The molecule has 0 aromatic heterocycles. The molecule has 12 nitrogen and oxygen atoms in total. The fourth-order valence-electron chi connectivity index (χ4n) is 2.01. The number of ketones is 1. The van der Waals surface area contributed by atoms with E-state index >= 15 is 0 Å². The van der Waals surface area contributed by atoms with Crippen LogP contribution in [0.1, 0.15) is 6.92 Å². The van der Waals surface area contributed by atoms with Crippen molar-refractivity contribution >= 4 is 17.6 Å². The minimum Gasteiger partial charge on any atom is -0.378 e. The summed E-state index contributed by atoms with van der Waals surface area (Å²) in [5, 5.41) is 8.29. The highest BCUT2D eigenvalue weighted by Gasteiger charge is 2.02. The lowest BCUT2D eigenvalue weighted by Gasteiger charge is -2.09. The second kappa shape index (κ2) is 24.0. The van der Waals surface area contributed by atoms with Gasteiger partial charge in [-0.05, 0) is 14.0 Å². The van der Waals surface area contributed by atoms with Crippen molar-refractivity contribution in [3.63, 3.8) is 0 Å². The Morgan fingerprint density at radius 3 is 1.31 bits per heavy atom. The number of likely N-dealkylation sites (N-methyl/N-ethyl adjacent to an activating group) is 1. The molecule has 0 aromatic carbocycles. The lowest BCUT2D eigenvalue weighted by molar-refractivity contribution is -0.127. The molecule has 3 N–H and O–H groups in total. The fraction of sp³-hybridized carbons (Fsp3) is 0.850. The van der Waals surface area contributed by atoms with Crippen LogP contribution in [0.15, 0.2) is 0 Å². The van der Waals surface area contributed by atoms with Gasteiger partial charge in [-0.25, -0.2) is 0 Å². The molecule has 0 aliphatic heterocycles. The Balaban J connectivity index is 3.28. The summed E-state index contributed by atoms with van der Waals surface area (Å²) in [7, 11) is 1.85. The van der Waals surface area contributed by atoms with Crippen LogP contribution < -0.4 is 16.0 Å². The molecule has 32 heavy (non-hydrogen) atoms. The minimum atomic E-state index is -0.249. The third-order valence-electron chi connectivity index (χ3n) is 3.52. The molecule has 0 fully saturated rings. The van der Waals surface area contributed by atoms with Crippen molar-refractivity contribution in [2.24, 2.45) is 0 Å². The smallest absolute Gasteiger partial charge is 0.246 e. The number of hydrogen-bond donors (Lipinski definition) is 3. The molecule has 0 bridgehead atoms. The summed E-state index contributed by atoms with van der Waals surface area (Å²) in [6.07, 6.45) is 0. The minimum absolute atomic E-state index is 0.0215. The van der Waals surface area contributed by atoms with Gasteiger partial charge < -0.3 is 44.4 Å². The SMILES string of the molecule is CNCCOCCOCC(=O)NCCOCCOCC(=O)NCCOCCOCC(C)=O. The predicted octanol–water partition coefficient (Wildman–Crippen LogP) is -1.87. The van der Waals surface area contributed by atoms with Crippen LogP contribution in [-0.4, -0.2) is 124 Å². The Labute approximate surface area is 189 Å². The van der Waals surface area contributed by atoms with E-state index in [2.05, 4.69) is 16.0 Å². The average molecular weight is 466 g/mol. The normalized spacial score (nSPS) is 10.8. The predicted molar refractivity (Wildman–Crippen MR) is 116 cm³/mol. The Morgan fingerprint density at radius 2 is 0.906 bits per heavy atom. The van der Waals surface area contributed by atoms with Crippen LogP contribution in [0, 0.1) is 0 Å². The summed E-state index contributed by atoms with van der Waals surface area (Å²) in [6.45, 7) is 6.31. The second-order valence-corrected chi connectivity index (χ2v) is 6.50. The van der Waals surface area contributed by atoms with Crippen LogP contribution in [0.3, 0.4) is 0 Å². The van der Waals surface area contributed by atoms with Crippen molar-refractivity contribution in [2.45, 2.75) is 6.92 Å². The quantitative estimate of drug-likeness (QED) is 0.139. The first kappa shape index (κ1) is 30.3. The largest absolute Gasteiger partial charge is 0.378 e. The van der Waals surface area contributed by atoms with Crippen LogP contribution in [-0.2, 0) is 42.8 Å². The number of carbonyl (C=O) groups excluding carboxylic acids is 3. The Hall–Kier alpha value is -1.67. The number of ether oxygens (including phenoxy) is 6. The van der Waals surface area contributed by atoms with E-state index in [1.54, 1.807) is 0 Å². The van der Waals surface area contributed by atoms with E-state index in [0.717, 1.165) is 6.54 Å². The van der Waals surface area contributed by atoms with Crippen molar-refractivity contribution in [2.75, 3.05) is 106 Å². The van der Waals surface area contributed by atoms with Gasteiger partial charge in [0.1, 0.15) is 19.8 Å². The summed E-state index contributed by atoms with van der Waals surface area (Å²) in [4.78, 5) is 33.8. The maximum Gasteiger partial charge on any atom is 0.246 e. The van der Waals surface area contributed by atoms with Crippen molar-refractivity contribution in [3.05, 3.63) is 0 Å². The van der Waals surface area contributed by atoms with Gasteiger partial charge in [-0.3, -0.25) is 14.4 Å². The number of rotatable bonds is 24. The number of hydrogen-bond acceptors (Lipinski definition) is 10. The summed E-state index contributed by atoms with van der Waals surface area (Å²) in [6, 6.07) is 0. The van der Waals surface area contributed by atoms with E-state index in [-0.39, 0.29) is 44.0 Å². The standard InChI is InChI=1S/C20H39N3O9/c1-18(24)15-30-12-9-28-7-4-22-20(26)17-32-14-11-29-8-5-23-19(25)16-31-13-10-27-6-3-21-2/h21H,3-17H2,1-2H3,(H,22,26)(H,23,25). The third kappa shape index (κ3) is 24.6. The first-order valence-corrected chi connectivity index (χ1v) is 10.7. The highest BCUT2D eigenvalue weighted by atomic mass is 16.5. The zero-order valence-corrected chi connectivity index (χ0v) is 19.3. The van der Waals surface area contributed by atoms with Crippen LogP contribution in [0.25, 0.3) is 0 Å². The van der Waals surface area contributed by atoms with Gasteiger partial charge in [0, 0.05) is 19.6 Å². The zero-order valence-electron chi connectivity index (χ0n) is 19.3. The highest BCUT2D eigenvalue weighted by Crippen LogP contribution is 1.83. The molecule has 0 unspecified atom stereocenters. The van der Waals surface area contributed by atoms with E-state index in [0.29, 0.717) is 65.9 Å². The molecule has 0 saturated carbocycles. The lowest BCUT2D eigenvalue weighted by Crippen LogP contribution is -2.32. The fourth-order valence-corrected chi connectivity index (χ4v) is 2.01. The molecule has 0 atom stereocenters. The third-order valence-corrected chi connectivity index (χ3v) is 3.52. The van der Waals surface area contributed by atoms with Crippen molar-refractivity contribution in [1.29, 1.82) is 0 Å². The van der Waals surface area contributed by atoms with Gasteiger partial charge in [0.05, 0.1) is 59.5 Å². The zero-order chi connectivity index (χ0) is 23.7. The molecule has 0 rings (SSSR count). The highest BCUT2D eigenvalue weighted by molar-refractivity contribution is 5.77. The van der Waals surface area contributed by atoms with Gasteiger partial charge >= 0.3 is 0 Å². The number of amides is 2. The number of Topliss-reactive ketones (excluding diaryl/α,β-unsaturated/α-hetero) is 1. The molecule has 12 heteroatoms. The van der Waals surface area contributed by atoms with E-state index in [4.69, 9.17) is 28.4 Å². The van der Waals surface area contributed by atoms with Gasteiger partial charge in [-0.2, -0.15) is 0 Å². The summed E-state index contributed by atoms with van der Waals surface area (Å²) in [5.74, 6) is -0.501. The lowest BCUT2D eigenvalue weighted by atomic mass is 10.5. The molecular weight excluding hydrogens is 426 g/mol. The molecule has 188 valence electrons. The van der Waals surface area contributed by atoms with E-state index < -0.39 is 0 Å².